The molecular formula is C14H11BrF2N2O. The quantitative estimate of drug-likeness (QED) is 0.895. The Morgan fingerprint density at radius 1 is 1.20 bits per heavy atom. The summed E-state index contributed by atoms with van der Waals surface area (Å²) in [7, 11) is 0. The van der Waals surface area contributed by atoms with Gasteiger partial charge in [0.15, 0.2) is 0 Å². The molecule has 3 N–H and O–H groups in total. The van der Waals surface area contributed by atoms with Gasteiger partial charge < -0.3 is 11.1 Å². The molecule has 6 heteroatoms. The molecule has 0 aliphatic heterocycles. The molecule has 104 valence electrons. The van der Waals surface area contributed by atoms with E-state index in [0.29, 0.717) is 4.47 Å². The first kappa shape index (κ1) is 14.5. The molecule has 1 amide bonds. The third-order valence-electron chi connectivity index (χ3n) is 2.75. The molecule has 0 heterocycles. The molecule has 0 aliphatic rings. The van der Waals surface area contributed by atoms with Crippen LogP contribution < -0.4 is 11.1 Å². The minimum Gasteiger partial charge on any atom is -0.378 e. The van der Waals surface area contributed by atoms with Crippen molar-refractivity contribution in [1.29, 1.82) is 0 Å². The Morgan fingerprint density at radius 3 is 2.60 bits per heavy atom. The number of halogens is 3. The molecule has 2 aromatic carbocycles. The maximum Gasteiger partial charge on any atom is 0.248 e. The predicted octanol–water partition coefficient (Wildman–Crippen LogP) is 3.44. The van der Waals surface area contributed by atoms with Gasteiger partial charge in [0.25, 0.3) is 0 Å². The molecule has 0 spiro atoms. The number of nitrogens with two attached hydrogens (primary N) is 1. The van der Waals surface area contributed by atoms with E-state index in [9.17, 15) is 13.6 Å². The van der Waals surface area contributed by atoms with Crippen LogP contribution in [-0.2, 0) is 6.54 Å². The predicted molar refractivity (Wildman–Crippen MR) is 76.3 cm³/mol. The molecule has 2 aromatic rings. The van der Waals surface area contributed by atoms with Gasteiger partial charge in [-0.1, -0.05) is 6.07 Å². The van der Waals surface area contributed by atoms with Crippen LogP contribution in [0.2, 0.25) is 0 Å². The Hall–Kier alpha value is -1.95. The average Bonchev–Trinajstić information content (AvgIpc) is 2.39. The van der Waals surface area contributed by atoms with Crippen LogP contribution in [0.25, 0.3) is 0 Å². The maximum absolute atomic E-state index is 13.6. The number of para-hydroxylation sites is 1. The first-order valence-corrected chi connectivity index (χ1v) is 6.54. The van der Waals surface area contributed by atoms with Crippen molar-refractivity contribution in [2.45, 2.75) is 6.54 Å². The molecule has 0 fully saturated rings. The number of hydrogen-bond donors (Lipinski definition) is 2. The molecular weight excluding hydrogens is 330 g/mol. The minimum absolute atomic E-state index is 0.0342. The smallest absolute Gasteiger partial charge is 0.248 e. The second-order valence-corrected chi connectivity index (χ2v) is 4.97. The summed E-state index contributed by atoms with van der Waals surface area (Å²) in [6, 6.07) is 8.33. The Labute approximate surface area is 122 Å². The molecule has 0 aromatic heterocycles. The van der Waals surface area contributed by atoms with E-state index in [2.05, 4.69) is 21.2 Å². The number of rotatable bonds is 4. The van der Waals surface area contributed by atoms with Crippen molar-refractivity contribution in [3.05, 3.63) is 63.6 Å². The van der Waals surface area contributed by atoms with Crippen molar-refractivity contribution in [2.75, 3.05) is 5.32 Å². The highest BCUT2D eigenvalue weighted by molar-refractivity contribution is 9.10. The molecule has 3 nitrogen and oxygen atoms in total. The summed E-state index contributed by atoms with van der Waals surface area (Å²) in [5, 5.41) is 2.79. The Bertz CT molecular complexity index is 641. The lowest BCUT2D eigenvalue weighted by Gasteiger charge is -2.11. The van der Waals surface area contributed by atoms with E-state index in [0.717, 1.165) is 6.07 Å². The van der Waals surface area contributed by atoms with E-state index >= 15 is 0 Å². The van der Waals surface area contributed by atoms with Crippen molar-refractivity contribution in [3.63, 3.8) is 0 Å². The van der Waals surface area contributed by atoms with Gasteiger partial charge in [-0.25, -0.2) is 8.78 Å². The van der Waals surface area contributed by atoms with Gasteiger partial charge in [0.1, 0.15) is 11.6 Å². The van der Waals surface area contributed by atoms with E-state index in [1.807, 2.05) is 0 Å². The van der Waals surface area contributed by atoms with Crippen LogP contribution in [0.5, 0.6) is 0 Å². The highest BCUT2D eigenvalue weighted by Gasteiger charge is 2.10. The van der Waals surface area contributed by atoms with E-state index in [1.165, 1.54) is 18.2 Å². The third-order valence-corrected chi connectivity index (χ3v) is 3.41. The number of carbonyl (C=O) groups excluding carboxylic acids is 1. The van der Waals surface area contributed by atoms with Crippen molar-refractivity contribution in [3.8, 4) is 0 Å². The molecule has 0 saturated carbocycles. The minimum atomic E-state index is -0.640. The highest BCUT2D eigenvalue weighted by Crippen LogP contribution is 2.26. The summed E-state index contributed by atoms with van der Waals surface area (Å²) in [5.74, 6) is -1.58. The fourth-order valence-corrected chi connectivity index (χ4v) is 2.20. The topological polar surface area (TPSA) is 55.1 Å². The summed E-state index contributed by atoms with van der Waals surface area (Å²) >= 11 is 3.21. The number of hydrogen-bond acceptors (Lipinski definition) is 2. The zero-order chi connectivity index (χ0) is 14.7. The van der Waals surface area contributed by atoms with Crippen LogP contribution in [0.3, 0.4) is 0 Å². The standard InChI is InChI=1S/C14H11BrF2N2O/c15-10-2-1-3-12(17)13(10)19-7-9-6-8(14(18)20)4-5-11(9)16/h1-6,19H,7H2,(H2,18,20). The summed E-state index contributed by atoms with van der Waals surface area (Å²) < 4.78 is 27.8. The van der Waals surface area contributed by atoms with Crippen molar-refractivity contribution < 1.29 is 13.6 Å². The van der Waals surface area contributed by atoms with Gasteiger partial charge in [0, 0.05) is 22.1 Å². The van der Waals surface area contributed by atoms with Gasteiger partial charge in [0.2, 0.25) is 5.91 Å². The summed E-state index contributed by atoms with van der Waals surface area (Å²) in [4.78, 5) is 11.1. The zero-order valence-corrected chi connectivity index (χ0v) is 11.9. The highest BCUT2D eigenvalue weighted by atomic mass is 79.9. The van der Waals surface area contributed by atoms with E-state index in [1.54, 1.807) is 12.1 Å². The molecule has 0 unspecified atom stereocenters. The van der Waals surface area contributed by atoms with Crippen LogP contribution in [0.1, 0.15) is 15.9 Å². The van der Waals surface area contributed by atoms with Gasteiger partial charge in [-0.3, -0.25) is 4.79 Å². The fourth-order valence-electron chi connectivity index (χ4n) is 1.71. The van der Waals surface area contributed by atoms with Gasteiger partial charge >= 0.3 is 0 Å². The maximum atomic E-state index is 13.6. The normalized spacial score (nSPS) is 10.3. The van der Waals surface area contributed by atoms with Crippen LogP contribution in [0.15, 0.2) is 40.9 Å². The summed E-state index contributed by atoms with van der Waals surface area (Å²) in [5.41, 5.74) is 5.81. The first-order chi connectivity index (χ1) is 9.49. The number of nitrogens with one attached hydrogen (secondary N) is 1. The largest absolute Gasteiger partial charge is 0.378 e. The molecule has 0 saturated heterocycles. The summed E-state index contributed by atoms with van der Waals surface area (Å²) in [6.07, 6.45) is 0. The molecule has 0 aliphatic carbocycles. The number of carbonyl (C=O) groups is 1. The Balaban J connectivity index is 2.23. The van der Waals surface area contributed by atoms with Crippen molar-refractivity contribution in [1.82, 2.24) is 0 Å². The fraction of sp³-hybridized carbons (Fsp3) is 0.0714. The van der Waals surface area contributed by atoms with Crippen LogP contribution >= 0.6 is 15.9 Å². The van der Waals surface area contributed by atoms with E-state index in [-0.39, 0.29) is 23.4 Å². The molecule has 0 radical (unpaired) electrons. The molecule has 0 atom stereocenters. The van der Waals surface area contributed by atoms with Crippen molar-refractivity contribution in [2.24, 2.45) is 5.73 Å². The summed E-state index contributed by atoms with van der Waals surface area (Å²) in [6.45, 7) is 0.0342. The Kier molecular flexibility index (Phi) is 4.34. The lowest BCUT2D eigenvalue weighted by Crippen LogP contribution is -2.12. The first-order valence-electron chi connectivity index (χ1n) is 5.75. The van der Waals surface area contributed by atoms with Gasteiger partial charge in [-0.2, -0.15) is 0 Å². The number of primary amides is 1. The second kappa shape index (κ2) is 6.00. The zero-order valence-electron chi connectivity index (χ0n) is 10.3. The van der Waals surface area contributed by atoms with Gasteiger partial charge in [-0.15, -0.1) is 0 Å². The van der Waals surface area contributed by atoms with E-state index in [4.69, 9.17) is 5.73 Å². The second-order valence-electron chi connectivity index (χ2n) is 4.12. The van der Waals surface area contributed by atoms with Crippen LogP contribution in [-0.4, -0.2) is 5.91 Å². The lowest BCUT2D eigenvalue weighted by atomic mass is 10.1. The molecule has 2 rings (SSSR count). The van der Waals surface area contributed by atoms with Gasteiger partial charge in [-0.05, 0) is 46.3 Å². The Morgan fingerprint density at radius 2 is 1.95 bits per heavy atom. The SMILES string of the molecule is NC(=O)c1ccc(F)c(CNc2c(F)cccc2Br)c1. The average molecular weight is 341 g/mol. The van der Waals surface area contributed by atoms with Crippen LogP contribution in [0, 0.1) is 11.6 Å². The number of benzene rings is 2. The third kappa shape index (κ3) is 3.14. The number of anilines is 1. The molecule has 20 heavy (non-hydrogen) atoms. The van der Waals surface area contributed by atoms with Crippen LogP contribution in [0.4, 0.5) is 14.5 Å². The lowest BCUT2D eigenvalue weighted by molar-refractivity contribution is 0.1000. The monoisotopic (exact) mass is 340 g/mol. The van der Waals surface area contributed by atoms with Crippen molar-refractivity contribution >= 4 is 27.5 Å². The number of amides is 1. The van der Waals surface area contributed by atoms with Gasteiger partial charge in [0.05, 0.1) is 5.69 Å². The van der Waals surface area contributed by atoms with E-state index < -0.39 is 17.5 Å². The molecule has 0 bridgehead atoms.